The Morgan fingerprint density at radius 1 is 1.30 bits per heavy atom. The van der Waals surface area contributed by atoms with Crippen molar-refractivity contribution in [1.82, 2.24) is 15.2 Å². The Balaban J connectivity index is 2.04. The number of sulfonamides is 1. The van der Waals surface area contributed by atoms with Gasteiger partial charge in [-0.3, -0.25) is 4.72 Å². The number of aromatic nitrogens is 3. The summed E-state index contributed by atoms with van der Waals surface area (Å²) in [6, 6.07) is 4.69. The van der Waals surface area contributed by atoms with Gasteiger partial charge in [0, 0.05) is 22.7 Å². The highest BCUT2D eigenvalue weighted by molar-refractivity contribution is 7.92. The summed E-state index contributed by atoms with van der Waals surface area (Å²) in [4.78, 5) is 3.13. The number of hydrogen-bond donors (Lipinski definition) is 2. The van der Waals surface area contributed by atoms with Crippen molar-refractivity contribution in [3.05, 3.63) is 40.4 Å². The van der Waals surface area contributed by atoms with E-state index in [0.29, 0.717) is 40.0 Å². The average Bonchev–Trinajstić information content (AvgIpc) is 3.19. The largest absolute Gasteiger partial charge is 0.495 e. The number of H-pyrrole nitrogens is 1. The number of benzene rings is 1. The number of ether oxygens (including phenoxy) is 1. The van der Waals surface area contributed by atoms with Crippen LogP contribution < -0.4 is 9.46 Å². The molecule has 0 bridgehead atoms. The highest BCUT2D eigenvalue weighted by atomic mass is 35.5. The molecule has 3 rings (SSSR count). The third-order valence-corrected chi connectivity index (χ3v) is 5.90. The van der Waals surface area contributed by atoms with E-state index in [1.165, 1.54) is 13.2 Å². The fourth-order valence-electron chi connectivity index (χ4n) is 2.80. The van der Waals surface area contributed by atoms with Crippen LogP contribution in [0.3, 0.4) is 0 Å². The SMILES string of the molecule is CCc1nnc(-c2[nH]c(C)c(S(=O)(=O)Nc3cc(Cl)ccc3OC)c2C)o1. The Morgan fingerprint density at radius 3 is 2.67 bits per heavy atom. The minimum absolute atomic E-state index is 0.107. The molecule has 0 spiro atoms. The predicted molar refractivity (Wildman–Crippen MR) is 102 cm³/mol. The molecule has 0 atom stereocenters. The van der Waals surface area contributed by atoms with Gasteiger partial charge < -0.3 is 14.1 Å². The predicted octanol–water partition coefficient (Wildman–Crippen LogP) is 3.71. The minimum Gasteiger partial charge on any atom is -0.495 e. The molecule has 27 heavy (non-hydrogen) atoms. The van der Waals surface area contributed by atoms with Crippen LogP contribution in [0, 0.1) is 13.8 Å². The number of nitrogens with zero attached hydrogens (tertiary/aromatic N) is 2. The van der Waals surface area contributed by atoms with Crippen LogP contribution in [0.15, 0.2) is 27.5 Å². The second kappa shape index (κ2) is 7.24. The molecule has 2 aromatic heterocycles. The molecule has 0 unspecified atom stereocenters. The summed E-state index contributed by atoms with van der Waals surface area (Å²) in [5.74, 6) is 1.08. The highest BCUT2D eigenvalue weighted by Crippen LogP contribution is 2.34. The molecule has 0 saturated heterocycles. The molecule has 2 heterocycles. The lowest BCUT2D eigenvalue weighted by Crippen LogP contribution is -2.15. The third-order valence-electron chi connectivity index (χ3n) is 4.03. The molecule has 0 aliphatic carbocycles. The lowest BCUT2D eigenvalue weighted by atomic mass is 10.2. The van der Waals surface area contributed by atoms with Crippen LogP contribution in [-0.4, -0.2) is 30.7 Å². The topological polar surface area (TPSA) is 110 Å². The monoisotopic (exact) mass is 410 g/mol. The zero-order valence-corrected chi connectivity index (χ0v) is 16.8. The van der Waals surface area contributed by atoms with Crippen molar-refractivity contribution >= 4 is 27.3 Å². The lowest BCUT2D eigenvalue weighted by molar-refractivity contribution is 0.417. The number of halogens is 1. The van der Waals surface area contributed by atoms with Crippen LogP contribution in [0.1, 0.15) is 24.1 Å². The first kappa shape index (κ1) is 19.2. The van der Waals surface area contributed by atoms with Crippen LogP contribution >= 0.6 is 11.6 Å². The number of anilines is 1. The van der Waals surface area contributed by atoms with Crippen LogP contribution in [0.2, 0.25) is 5.02 Å². The summed E-state index contributed by atoms with van der Waals surface area (Å²) in [5, 5.41) is 8.28. The molecular weight excluding hydrogens is 392 g/mol. The van der Waals surface area contributed by atoms with Crippen molar-refractivity contribution in [2.45, 2.75) is 32.1 Å². The standard InChI is InChI=1S/C17H19ClN4O4S/c1-5-14-20-21-17(26-14)15-9(2)16(10(3)19-15)27(23,24)22-12-8-11(18)6-7-13(12)25-4/h6-8,19,22H,5H2,1-4H3. The van der Waals surface area contributed by atoms with E-state index >= 15 is 0 Å². The van der Waals surface area contributed by atoms with E-state index < -0.39 is 10.0 Å². The van der Waals surface area contributed by atoms with Crippen molar-refractivity contribution in [3.8, 4) is 17.3 Å². The van der Waals surface area contributed by atoms with Gasteiger partial charge in [-0.05, 0) is 32.0 Å². The summed E-state index contributed by atoms with van der Waals surface area (Å²) in [7, 11) is -2.47. The highest BCUT2D eigenvalue weighted by Gasteiger charge is 2.27. The van der Waals surface area contributed by atoms with Crippen molar-refractivity contribution in [2.24, 2.45) is 0 Å². The zero-order valence-electron chi connectivity index (χ0n) is 15.3. The number of rotatable bonds is 6. The summed E-state index contributed by atoms with van der Waals surface area (Å²) >= 11 is 5.99. The van der Waals surface area contributed by atoms with E-state index in [1.54, 1.807) is 26.0 Å². The Labute approximate surface area is 162 Å². The second-order valence-corrected chi connectivity index (χ2v) is 7.94. The number of hydrogen-bond acceptors (Lipinski definition) is 6. The van der Waals surface area contributed by atoms with Crippen molar-refractivity contribution in [3.63, 3.8) is 0 Å². The molecule has 0 amide bonds. The van der Waals surface area contributed by atoms with Gasteiger partial charge in [0.25, 0.3) is 15.9 Å². The van der Waals surface area contributed by atoms with Gasteiger partial charge >= 0.3 is 0 Å². The molecule has 1 aromatic carbocycles. The van der Waals surface area contributed by atoms with Crippen LogP contribution in [0.5, 0.6) is 5.75 Å². The van der Waals surface area contributed by atoms with Gasteiger partial charge in [-0.15, -0.1) is 10.2 Å². The van der Waals surface area contributed by atoms with E-state index in [0.717, 1.165) is 0 Å². The minimum atomic E-state index is -3.92. The second-order valence-electron chi connectivity index (χ2n) is 5.88. The van der Waals surface area contributed by atoms with Crippen molar-refractivity contribution in [1.29, 1.82) is 0 Å². The van der Waals surface area contributed by atoms with E-state index in [1.807, 2.05) is 6.92 Å². The molecule has 0 fully saturated rings. The zero-order chi connectivity index (χ0) is 19.8. The molecule has 0 saturated carbocycles. The molecule has 3 aromatic rings. The fourth-order valence-corrected chi connectivity index (χ4v) is 4.49. The summed E-state index contributed by atoms with van der Waals surface area (Å²) < 4.78 is 39.3. The van der Waals surface area contributed by atoms with Crippen LogP contribution in [-0.2, 0) is 16.4 Å². The first-order chi connectivity index (χ1) is 12.8. The van der Waals surface area contributed by atoms with Crippen LogP contribution in [0.4, 0.5) is 5.69 Å². The average molecular weight is 411 g/mol. The lowest BCUT2D eigenvalue weighted by Gasteiger charge is -2.12. The van der Waals surface area contributed by atoms with Crippen molar-refractivity contribution in [2.75, 3.05) is 11.8 Å². The maximum absolute atomic E-state index is 13.0. The Morgan fingerprint density at radius 2 is 2.04 bits per heavy atom. The first-order valence-electron chi connectivity index (χ1n) is 8.15. The Hall–Kier alpha value is -2.52. The van der Waals surface area contributed by atoms with Gasteiger partial charge in [-0.25, -0.2) is 8.42 Å². The maximum Gasteiger partial charge on any atom is 0.264 e. The molecule has 0 aliphatic rings. The first-order valence-corrected chi connectivity index (χ1v) is 10.0. The van der Waals surface area contributed by atoms with E-state index in [4.69, 9.17) is 20.8 Å². The van der Waals surface area contributed by atoms with Gasteiger partial charge in [-0.2, -0.15) is 0 Å². The number of methoxy groups -OCH3 is 1. The van der Waals surface area contributed by atoms with Crippen molar-refractivity contribution < 1.29 is 17.6 Å². The fraction of sp³-hybridized carbons (Fsp3) is 0.294. The number of aromatic amines is 1. The maximum atomic E-state index is 13.0. The Bertz CT molecular complexity index is 1090. The van der Waals surface area contributed by atoms with E-state index in [-0.39, 0.29) is 16.5 Å². The molecule has 144 valence electrons. The van der Waals surface area contributed by atoms with E-state index in [2.05, 4.69) is 19.9 Å². The summed E-state index contributed by atoms with van der Waals surface area (Å²) in [5.41, 5.74) is 1.65. The number of nitrogens with one attached hydrogen (secondary N) is 2. The molecule has 8 nitrogen and oxygen atoms in total. The van der Waals surface area contributed by atoms with E-state index in [9.17, 15) is 8.42 Å². The molecule has 2 N–H and O–H groups in total. The third kappa shape index (κ3) is 3.65. The van der Waals surface area contributed by atoms with Gasteiger partial charge in [0.15, 0.2) is 0 Å². The Kier molecular flexibility index (Phi) is 5.16. The molecule has 10 heteroatoms. The van der Waals surface area contributed by atoms with Gasteiger partial charge in [0.05, 0.1) is 12.8 Å². The summed E-state index contributed by atoms with van der Waals surface area (Å²) in [6.07, 6.45) is 0.590. The van der Waals surface area contributed by atoms with Gasteiger partial charge in [0.1, 0.15) is 16.3 Å². The molecule has 0 radical (unpaired) electrons. The number of aryl methyl sites for hydroxylation is 2. The normalized spacial score (nSPS) is 11.6. The smallest absolute Gasteiger partial charge is 0.264 e. The molecule has 0 aliphatic heterocycles. The summed E-state index contributed by atoms with van der Waals surface area (Å²) in [6.45, 7) is 5.23. The quantitative estimate of drug-likeness (QED) is 0.641. The molecular formula is C17H19ClN4O4S. The van der Waals surface area contributed by atoms with Crippen LogP contribution in [0.25, 0.3) is 11.6 Å². The van der Waals surface area contributed by atoms with Gasteiger partial charge in [-0.1, -0.05) is 18.5 Å². The van der Waals surface area contributed by atoms with Gasteiger partial charge in [0.2, 0.25) is 5.89 Å².